The van der Waals surface area contributed by atoms with Crippen molar-refractivity contribution in [2.75, 3.05) is 12.5 Å². The molecule has 3 aliphatic rings. The molecule has 51 heavy (non-hydrogen) atoms. The molecule has 0 spiro atoms. The summed E-state index contributed by atoms with van der Waals surface area (Å²) in [7, 11) is 2.66. The maximum Gasteiger partial charge on any atom is 0.417 e. The number of benzene rings is 2. The number of carbonyl (C=O) groups excluding carboxylic acids is 2. The molecule has 0 radical (unpaired) electrons. The Bertz CT molecular complexity index is 2330. The van der Waals surface area contributed by atoms with Gasteiger partial charge in [-0.25, -0.2) is 28.5 Å². The van der Waals surface area contributed by atoms with Crippen LogP contribution in [0.5, 0.6) is 11.5 Å². The van der Waals surface area contributed by atoms with E-state index in [4.69, 9.17) is 27.9 Å². The molecule has 12 nitrogen and oxygen atoms in total. The third-order valence-electron chi connectivity index (χ3n) is 9.72. The molecule has 4 heterocycles. The van der Waals surface area contributed by atoms with E-state index in [1.165, 1.54) is 29.6 Å². The maximum absolute atomic E-state index is 15.2. The molecule has 1 aliphatic carbocycles. The zero-order valence-electron chi connectivity index (χ0n) is 26.1. The van der Waals surface area contributed by atoms with E-state index < -0.39 is 69.1 Å². The van der Waals surface area contributed by atoms with Crippen LogP contribution in [0.3, 0.4) is 0 Å². The summed E-state index contributed by atoms with van der Waals surface area (Å²) in [4.78, 5) is 60.4. The number of imide groups is 1. The van der Waals surface area contributed by atoms with Crippen LogP contribution in [-0.4, -0.2) is 48.0 Å². The quantitative estimate of drug-likeness (QED) is 0.186. The number of methoxy groups -OCH3 is 1. The predicted molar refractivity (Wildman–Crippen MR) is 185 cm³/mol. The predicted octanol–water partition coefficient (Wildman–Crippen LogP) is 5.93. The third kappa shape index (κ3) is 5.10. The summed E-state index contributed by atoms with van der Waals surface area (Å²) >= 11 is 19.5. The Labute approximate surface area is 312 Å². The SMILES string of the molecule is COc1cc([C@H]2C3=CCn4c(=O)n(C)c(=O)n4[C@@H]3C[C@H]3C(=O)N(Nc4ncc(C(F)(F)F)cc4Cl)C(=O)[C@@]23c2ccc(Cl)cc2)c(Br)c(Br)c1O. The second-order valence-electron chi connectivity index (χ2n) is 12.2. The highest BCUT2D eigenvalue weighted by Crippen LogP contribution is 2.63. The van der Waals surface area contributed by atoms with Gasteiger partial charge in [0, 0.05) is 28.7 Å². The van der Waals surface area contributed by atoms with Crippen LogP contribution in [0.2, 0.25) is 10.0 Å². The highest BCUT2D eigenvalue weighted by atomic mass is 79.9. The Kier molecular flexibility index (Phi) is 8.51. The Morgan fingerprint density at radius 3 is 2.37 bits per heavy atom. The number of rotatable bonds is 5. The number of carbonyl (C=O) groups is 2. The Hall–Kier alpha value is -4.06. The lowest BCUT2D eigenvalue weighted by atomic mass is 9.53. The van der Waals surface area contributed by atoms with E-state index in [-0.39, 0.29) is 28.9 Å². The lowest BCUT2D eigenvalue weighted by Gasteiger charge is -2.49. The minimum Gasteiger partial charge on any atom is -0.503 e. The monoisotopic (exact) mass is 872 g/mol. The van der Waals surface area contributed by atoms with Crippen molar-refractivity contribution in [3.63, 3.8) is 0 Å². The van der Waals surface area contributed by atoms with Crippen molar-refractivity contribution in [3.8, 4) is 11.5 Å². The highest BCUT2D eigenvalue weighted by molar-refractivity contribution is 9.13. The largest absolute Gasteiger partial charge is 0.503 e. The number of phenolic OH excluding ortho intramolecular Hbond substituents is 1. The third-order valence-corrected chi connectivity index (χ3v) is 12.4. The summed E-state index contributed by atoms with van der Waals surface area (Å²) in [6.45, 7) is -0.0538. The number of hydrogen-bond acceptors (Lipinski definition) is 8. The number of allylic oxidation sites excluding steroid dienone is 2. The number of anilines is 1. The second kappa shape index (κ2) is 12.3. The van der Waals surface area contributed by atoms with Gasteiger partial charge in [-0.2, -0.15) is 18.2 Å². The summed E-state index contributed by atoms with van der Waals surface area (Å²) in [5, 5.41) is 11.4. The van der Waals surface area contributed by atoms with Crippen LogP contribution in [0.1, 0.15) is 35.1 Å². The van der Waals surface area contributed by atoms with E-state index >= 15 is 4.79 Å². The van der Waals surface area contributed by atoms with Crippen LogP contribution in [0.15, 0.2) is 72.8 Å². The summed E-state index contributed by atoms with van der Waals surface area (Å²) in [5.74, 6) is -4.63. The number of hydrogen-bond donors (Lipinski definition) is 2. The van der Waals surface area contributed by atoms with Gasteiger partial charge in [0.25, 0.3) is 11.8 Å². The number of fused-ring (bicyclic) bond motifs is 4. The molecule has 1 saturated carbocycles. The van der Waals surface area contributed by atoms with Crippen molar-refractivity contribution in [3.05, 3.63) is 111 Å². The number of halogens is 7. The van der Waals surface area contributed by atoms with Crippen molar-refractivity contribution in [2.45, 2.75) is 36.5 Å². The van der Waals surface area contributed by atoms with Gasteiger partial charge >= 0.3 is 17.6 Å². The lowest BCUT2D eigenvalue weighted by Crippen LogP contribution is -2.53. The van der Waals surface area contributed by atoms with Crippen LogP contribution in [0.25, 0.3) is 0 Å². The lowest BCUT2D eigenvalue weighted by molar-refractivity contribution is -0.139. The Morgan fingerprint density at radius 1 is 1.06 bits per heavy atom. The van der Waals surface area contributed by atoms with Gasteiger partial charge in [-0.15, -0.1) is 0 Å². The molecule has 2 aromatic heterocycles. The minimum atomic E-state index is -4.76. The first-order valence-electron chi connectivity index (χ1n) is 15.0. The Morgan fingerprint density at radius 2 is 1.75 bits per heavy atom. The number of aromatic nitrogens is 4. The first kappa shape index (κ1) is 35.3. The van der Waals surface area contributed by atoms with Crippen molar-refractivity contribution in [1.82, 2.24) is 23.9 Å². The molecule has 2 aromatic carbocycles. The fourth-order valence-electron chi connectivity index (χ4n) is 7.48. The van der Waals surface area contributed by atoms with Crippen molar-refractivity contribution in [1.29, 1.82) is 0 Å². The molecule has 4 atom stereocenters. The van der Waals surface area contributed by atoms with Crippen LogP contribution >= 0.6 is 55.1 Å². The number of nitrogens with one attached hydrogen (secondary N) is 1. The first-order chi connectivity index (χ1) is 24.0. The summed E-state index contributed by atoms with van der Waals surface area (Å²) in [6, 6.07) is 7.47. The summed E-state index contributed by atoms with van der Waals surface area (Å²) < 4.78 is 49.6. The molecule has 4 aromatic rings. The van der Waals surface area contributed by atoms with Crippen LogP contribution in [-0.2, 0) is 34.8 Å². The molecular formula is C32H23Br2Cl2F3N6O6. The van der Waals surface area contributed by atoms with Crippen LogP contribution in [0.4, 0.5) is 19.0 Å². The average molecular weight is 875 g/mol. The molecule has 1 saturated heterocycles. The number of ether oxygens (including phenoxy) is 1. The summed E-state index contributed by atoms with van der Waals surface area (Å²) in [5.41, 5.74) is -0.422. The molecule has 0 unspecified atom stereocenters. The fraction of sp³-hybridized carbons (Fsp3) is 0.281. The van der Waals surface area contributed by atoms with E-state index in [2.05, 4.69) is 42.3 Å². The smallest absolute Gasteiger partial charge is 0.417 e. The second-order valence-corrected chi connectivity index (χ2v) is 14.6. The van der Waals surface area contributed by atoms with Crippen molar-refractivity contribution in [2.24, 2.45) is 13.0 Å². The van der Waals surface area contributed by atoms with Gasteiger partial charge in [0.15, 0.2) is 17.3 Å². The van der Waals surface area contributed by atoms with E-state index in [0.717, 1.165) is 4.57 Å². The zero-order valence-corrected chi connectivity index (χ0v) is 30.8. The van der Waals surface area contributed by atoms with Crippen LogP contribution < -0.4 is 21.5 Å². The Balaban J connectivity index is 1.52. The first-order valence-corrected chi connectivity index (χ1v) is 17.3. The maximum atomic E-state index is 15.2. The molecule has 0 bridgehead atoms. The molecule has 2 aliphatic heterocycles. The standard InChI is InChI=1S/C32H23Br2Cl2F3N6O6/c1-42-29(49)43-8-7-16-20(45(43)30(42)50)11-18-27(47)44(41-26-19(36)9-14(12-40-26)32(37,38)39)28(48)31(18,13-3-5-15(35)6-4-13)22(16)17-10-21(51-2)25(46)24(34)23(17)33/h3-7,9-10,12,18,20,22,46H,8,11H2,1-2H3,(H,40,41)/t18-,20+,22+,31+/m0/s1. The fourth-order valence-corrected chi connectivity index (χ4v) is 8.77. The normalized spacial score (nSPS) is 22.7. The number of alkyl halides is 3. The summed E-state index contributed by atoms with van der Waals surface area (Å²) in [6.07, 6.45) is -2.67. The molecule has 19 heteroatoms. The molecule has 2 amide bonds. The van der Waals surface area contributed by atoms with Crippen molar-refractivity contribution < 1.29 is 32.6 Å². The molecule has 266 valence electrons. The van der Waals surface area contributed by atoms with E-state index in [0.29, 0.717) is 43.5 Å². The number of nitrogens with zero attached hydrogens (tertiary/aromatic N) is 5. The van der Waals surface area contributed by atoms with Gasteiger partial charge in [-0.05, 0) is 79.2 Å². The van der Waals surface area contributed by atoms with Gasteiger partial charge in [0.2, 0.25) is 0 Å². The number of hydrazine groups is 1. The van der Waals surface area contributed by atoms with Gasteiger partial charge in [-0.1, -0.05) is 41.4 Å². The van der Waals surface area contributed by atoms with E-state index in [9.17, 15) is 32.7 Å². The molecule has 2 N–H and O–H groups in total. The average Bonchev–Trinajstić information content (AvgIpc) is 3.44. The van der Waals surface area contributed by atoms with Gasteiger partial charge < -0.3 is 9.84 Å². The highest BCUT2D eigenvalue weighted by Gasteiger charge is 2.69. The number of pyridine rings is 1. The number of phenols is 1. The minimum absolute atomic E-state index is 0.0164. The molecular weight excluding hydrogens is 852 g/mol. The molecule has 7 rings (SSSR count). The number of amides is 2. The molecule has 2 fully saturated rings. The number of aromatic hydroxyl groups is 1. The topological polar surface area (TPSA) is 141 Å². The van der Waals surface area contributed by atoms with Gasteiger partial charge in [0.05, 0.1) is 46.1 Å². The van der Waals surface area contributed by atoms with Gasteiger partial charge in [0.1, 0.15) is 0 Å². The van der Waals surface area contributed by atoms with Crippen molar-refractivity contribution >= 4 is 72.7 Å². The van der Waals surface area contributed by atoms with E-state index in [1.807, 2.05) is 0 Å². The van der Waals surface area contributed by atoms with E-state index in [1.54, 1.807) is 30.3 Å². The van der Waals surface area contributed by atoms with Crippen LogP contribution in [0, 0.1) is 5.92 Å². The zero-order chi connectivity index (χ0) is 36.9. The van der Waals surface area contributed by atoms with Gasteiger partial charge in [-0.3, -0.25) is 15.0 Å².